The summed E-state index contributed by atoms with van der Waals surface area (Å²) in [5.41, 5.74) is 6.61. The number of anilines is 3. The Labute approximate surface area is 265 Å². The van der Waals surface area contributed by atoms with Crippen LogP contribution in [-0.4, -0.2) is 94.0 Å². The van der Waals surface area contributed by atoms with Gasteiger partial charge >= 0.3 is 6.18 Å². The molecule has 1 amide bonds. The number of hydrogen-bond donors (Lipinski definition) is 2. The molecule has 0 radical (unpaired) electrons. The summed E-state index contributed by atoms with van der Waals surface area (Å²) in [6, 6.07) is 15.0. The molecule has 3 N–H and O–H groups in total. The number of nitrogens with two attached hydrogens (primary N) is 1. The number of benzene rings is 2. The fourth-order valence-electron chi connectivity index (χ4n) is 5.42. The van der Waals surface area contributed by atoms with Gasteiger partial charge in [-0.05, 0) is 74.1 Å². The number of hydrogen-bond acceptors (Lipinski definition) is 8. The Hall–Kier alpha value is -3.43. The van der Waals surface area contributed by atoms with Gasteiger partial charge in [0.05, 0.1) is 10.5 Å². The SMILES string of the molecule is NCCCN1CCN(c2cccc(C(=O)Nc3ccc(S(=O)(=O)N4CCN(c5cc(C(F)(F)F)cc(Cl)n5)CC4)cc3)c2)CC1. The van der Waals surface area contributed by atoms with E-state index in [4.69, 9.17) is 17.3 Å². The molecule has 2 aliphatic heterocycles. The highest BCUT2D eigenvalue weighted by molar-refractivity contribution is 7.89. The molecule has 10 nitrogen and oxygen atoms in total. The van der Waals surface area contributed by atoms with Crippen molar-refractivity contribution in [3.63, 3.8) is 0 Å². The number of rotatable bonds is 9. The molecule has 15 heteroatoms. The lowest BCUT2D eigenvalue weighted by atomic mass is 10.1. The number of pyridine rings is 1. The van der Waals surface area contributed by atoms with E-state index in [0.29, 0.717) is 17.8 Å². The third kappa shape index (κ3) is 8.05. The van der Waals surface area contributed by atoms with Gasteiger partial charge in [0.2, 0.25) is 10.0 Å². The Morgan fingerprint density at radius 3 is 2.22 bits per heavy atom. The number of nitrogens with zero attached hydrogens (tertiary/aromatic N) is 5. The number of aromatic nitrogens is 1. The maximum Gasteiger partial charge on any atom is 0.416 e. The Bertz CT molecular complexity index is 1590. The maximum absolute atomic E-state index is 13.3. The Morgan fingerprint density at radius 2 is 1.58 bits per heavy atom. The molecule has 0 spiro atoms. The summed E-state index contributed by atoms with van der Waals surface area (Å²) < 4.78 is 67.5. The largest absolute Gasteiger partial charge is 0.416 e. The lowest BCUT2D eigenvalue weighted by molar-refractivity contribution is -0.137. The lowest BCUT2D eigenvalue weighted by Gasteiger charge is -2.36. The average Bonchev–Trinajstić information content (AvgIpc) is 3.03. The van der Waals surface area contributed by atoms with Gasteiger partial charge in [-0.15, -0.1) is 0 Å². The number of nitrogens with one attached hydrogen (secondary N) is 1. The number of alkyl halides is 3. The zero-order valence-corrected chi connectivity index (χ0v) is 26.1. The Kier molecular flexibility index (Phi) is 10.2. The quantitative estimate of drug-likeness (QED) is 0.330. The highest BCUT2D eigenvalue weighted by atomic mass is 35.5. The van der Waals surface area contributed by atoms with E-state index < -0.39 is 21.8 Å². The number of amides is 1. The molecule has 2 saturated heterocycles. The average molecular weight is 666 g/mol. The van der Waals surface area contributed by atoms with Crippen molar-refractivity contribution in [3.05, 3.63) is 76.9 Å². The summed E-state index contributed by atoms with van der Waals surface area (Å²) in [6.45, 7) is 5.63. The van der Waals surface area contributed by atoms with Crippen LogP contribution >= 0.6 is 11.6 Å². The molecule has 45 heavy (non-hydrogen) atoms. The molecular formula is C30H35ClF3N7O3S. The van der Waals surface area contributed by atoms with E-state index in [1.54, 1.807) is 11.0 Å². The molecule has 3 aromatic rings. The Morgan fingerprint density at radius 1 is 0.911 bits per heavy atom. The fourth-order valence-corrected chi connectivity index (χ4v) is 7.04. The van der Waals surface area contributed by atoms with E-state index in [0.717, 1.165) is 57.0 Å². The molecular weight excluding hydrogens is 631 g/mol. The summed E-state index contributed by atoms with van der Waals surface area (Å²) in [7, 11) is -3.88. The van der Waals surface area contributed by atoms with Gasteiger partial charge in [-0.25, -0.2) is 13.4 Å². The normalized spacial score (nSPS) is 17.0. The first-order valence-electron chi connectivity index (χ1n) is 14.6. The van der Waals surface area contributed by atoms with Crippen molar-refractivity contribution in [2.45, 2.75) is 17.5 Å². The minimum atomic E-state index is -4.58. The highest BCUT2D eigenvalue weighted by Gasteiger charge is 2.34. The molecule has 0 saturated carbocycles. The molecule has 5 rings (SSSR count). The summed E-state index contributed by atoms with van der Waals surface area (Å²) in [5.74, 6) is -0.271. The van der Waals surface area contributed by atoms with Gasteiger partial charge < -0.3 is 20.9 Å². The highest BCUT2D eigenvalue weighted by Crippen LogP contribution is 2.33. The van der Waals surface area contributed by atoms with Crippen molar-refractivity contribution in [2.24, 2.45) is 5.73 Å². The second kappa shape index (κ2) is 13.9. The molecule has 242 valence electrons. The monoisotopic (exact) mass is 665 g/mol. The van der Waals surface area contributed by atoms with Crippen LogP contribution in [-0.2, 0) is 16.2 Å². The predicted molar refractivity (Wildman–Crippen MR) is 168 cm³/mol. The zero-order valence-electron chi connectivity index (χ0n) is 24.5. The van der Waals surface area contributed by atoms with Gasteiger partial charge in [0.25, 0.3) is 5.91 Å². The second-order valence-corrected chi connectivity index (χ2v) is 13.3. The summed E-state index contributed by atoms with van der Waals surface area (Å²) in [5, 5.41) is 2.54. The van der Waals surface area contributed by atoms with Crippen LogP contribution in [0.15, 0.2) is 65.6 Å². The van der Waals surface area contributed by atoms with Crippen molar-refractivity contribution < 1.29 is 26.4 Å². The molecule has 0 unspecified atom stereocenters. The van der Waals surface area contributed by atoms with Crippen molar-refractivity contribution in [1.29, 1.82) is 0 Å². The van der Waals surface area contributed by atoms with Gasteiger partial charge in [0, 0.05) is 69.3 Å². The molecule has 3 heterocycles. The van der Waals surface area contributed by atoms with E-state index in [1.807, 2.05) is 18.2 Å². The first kappa shape index (κ1) is 32.9. The van der Waals surface area contributed by atoms with Gasteiger partial charge in [-0.1, -0.05) is 17.7 Å². The zero-order chi connectivity index (χ0) is 32.2. The topological polar surface area (TPSA) is 115 Å². The van der Waals surface area contributed by atoms with Crippen molar-refractivity contribution in [2.75, 3.05) is 80.6 Å². The van der Waals surface area contributed by atoms with E-state index in [-0.39, 0.29) is 48.0 Å². The van der Waals surface area contributed by atoms with Crippen molar-refractivity contribution >= 4 is 44.7 Å². The number of halogens is 4. The van der Waals surface area contributed by atoms with Crippen LogP contribution in [0.25, 0.3) is 0 Å². The van der Waals surface area contributed by atoms with Crippen molar-refractivity contribution in [1.82, 2.24) is 14.2 Å². The van der Waals surface area contributed by atoms with E-state index in [1.165, 1.54) is 28.6 Å². The summed E-state index contributed by atoms with van der Waals surface area (Å²) in [6.07, 6.45) is -3.61. The minimum absolute atomic E-state index is 0.0402. The standard InChI is InChI=1S/C30H35ClF3N7O3S/c31-27-20-23(30(32,33)34)21-28(37-27)40-15-17-41(18-16-40)45(43,44)26-7-5-24(6-8-26)36-29(42)22-3-1-4-25(19-22)39-13-11-38(12-14-39)10-2-9-35/h1,3-8,19-21H,2,9-18,35H2,(H,36,42). The Balaban J connectivity index is 1.17. The fraction of sp³-hybridized carbons (Fsp3) is 0.400. The van der Waals surface area contributed by atoms with E-state index >= 15 is 0 Å². The van der Waals surface area contributed by atoms with Gasteiger partial charge in [-0.3, -0.25) is 9.69 Å². The van der Waals surface area contributed by atoms with Gasteiger partial charge in [-0.2, -0.15) is 17.5 Å². The molecule has 0 aliphatic carbocycles. The van der Waals surface area contributed by atoms with E-state index in [2.05, 4.69) is 20.1 Å². The van der Waals surface area contributed by atoms with Crippen LogP contribution in [0.4, 0.5) is 30.4 Å². The van der Waals surface area contributed by atoms with Gasteiger partial charge in [0.15, 0.2) is 0 Å². The maximum atomic E-state index is 13.3. The van der Waals surface area contributed by atoms with Crippen LogP contribution in [0.3, 0.4) is 0 Å². The van der Waals surface area contributed by atoms with Crippen LogP contribution < -0.4 is 20.9 Å². The number of carbonyl (C=O) groups excluding carboxylic acids is 1. The first-order chi connectivity index (χ1) is 21.4. The number of piperazine rings is 2. The number of sulfonamides is 1. The third-order valence-corrected chi connectivity index (χ3v) is 10.1. The smallest absolute Gasteiger partial charge is 0.369 e. The molecule has 0 atom stereocenters. The molecule has 2 fully saturated rings. The third-order valence-electron chi connectivity index (χ3n) is 7.94. The molecule has 1 aromatic heterocycles. The lowest BCUT2D eigenvalue weighted by Crippen LogP contribution is -2.49. The number of carbonyl (C=O) groups is 1. The van der Waals surface area contributed by atoms with Crippen molar-refractivity contribution in [3.8, 4) is 0 Å². The molecule has 2 aliphatic rings. The van der Waals surface area contributed by atoms with Crippen LogP contribution in [0.5, 0.6) is 0 Å². The predicted octanol–water partition coefficient (Wildman–Crippen LogP) is 3.99. The summed E-state index contributed by atoms with van der Waals surface area (Å²) >= 11 is 5.82. The minimum Gasteiger partial charge on any atom is -0.369 e. The van der Waals surface area contributed by atoms with Crippen LogP contribution in [0, 0.1) is 0 Å². The molecule has 0 bridgehead atoms. The van der Waals surface area contributed by atoms with Gasteiger partial charge in [0.1, 0.15) is 11.0 Å². The van der Waals surface area contributed by atoms with E-state index in [9.17, 15) is 26.4 Å². The second-order valence-electron chi connectivity index (χ2n) is 10.9. The molecule has 2 aromatic carbocycles. The van der Waals surface area contributed by atoms with Crippen LogP contribution in [0.2, 0.25) is 5.15 Å². The summed E-state index contributed by atoms with van der Waals surface area (Å²) in [4.78, 5) is 23.3. The van der Waals surface area contributed by atoms with Crippen LogP contribution in [0.1, 0.15) is 22.3 Å². The first-order valence-corrected chi connectivity index (χ1v) is 16.4.